The van der Waals surface area contributed by atoms with Gasteiger partial charge in [0, 0.05) is 24.0 Å². The molecule has 0 spiro atoms. The molecule has 0 aromatic heterocycles. The Kier molecular flexibility index (Phi) is 6.02. The van der Waals surface area contributed by atoms with Gasteiger partial charge in [0.1, 0.15) is 0 Å². The van der Waals surface area contributed by atoms with Gasteiger partial charge in [0.2, 0.25) is 5.91 Å². The number of hydrogen-bond donors (Lipinski definition) is 1. The Balaban J connectivity index is 2.91. The predicted octanol–water partition coefficient (Wildman–Crippen LogP) is 3.05. The molecule has 20 heavy (non-hydrogen) atoms. The minimum atomic E-state index is -0.911. The monoisotopic (exact) mass is 297 g/mol. The van der Waals surface area contributed by atoms with Crippen molar-refractivity contribution >= 4 is 23.5 Å². The molecule has 1 atom stereocenters. The molecule has 0 bridgehead atoms. The van der Waals surface area contributed by atoms with E-state index in [0.29, 0.717) is 11.6 Å². The van der Waals surface area contributed by atoms with Crippen molar-refractivity contribution in [3.63, 3.8) is 0 Å². The van der Waals surface area contributed by atoms with E-state index in [1.54, 1.807) is 31.7 Å². The van der Waals surface area contributed by atoms with Gasteiger partial charge in [-0.2, -0.15) is 0 Å². The zero-order chi connectivity index (χ0) is 15.3. The van der Waals surface area contributed by atoms with Crippen molar-refractivity contribution in [2.24, 2.45) is 11.8 Å². The number of hydrogen-bond acceptors (Lipinski definition) is 2. The van der Waals surface area contributed by atoms with Crippen molar-refractivity contribution in [2.75, 3.05) is 6.54 Å². The summed E-state index contributed by atoms with van der Waals surface area (Å²) in [7, 11) is 0. The summed E-state index contributed by atoms with van der Waals surface area (Å²) in [6, 6.07) is 7.27. The van der Waals surface area contributed by atoms with Gasteiger partial charge < -0.3 is 10.0 Å². The van der Waals surface area contributed by atoms with Crippen LogP contribution in [0.4, 0.5) is 0 Å². The fourth-order valence-electron chi connectivity index (χ4n) is 1.84. The summed E-state index contributed by atoms with van der Waals surface area (Å²) in [5.41, 5.74) is 0.820. The lowest BCUT2D eigenvalue weighted by Gasteiger charge is -2.26. The third kappa shape index (κ3) is 4.53. The highest BCUT2D eigenvalue weighted by atomic mass is 35.5. The van der Waals surface area contributed by atoms with Gasteiger partial charge in [0.25, 0.3) is 0 Å². The molecular weight excluding hydrogens is 278 g/mol. The Morgan fingerprint density at radius 2 is 1.85 bits per heavy atom. The highest BCUT2D eigenvalue weighted by Gasteiger charge is 2.23. The first-order valence-corrected chi connectivity index (χ1v) is 6.95. The zero-order valence-corrected chi connectivity index (χ0v) is 12.7. The number of rotatable bonds is 6. The number of nitrogens with zero attached hydrogens (tertiary/aromatic N) is 1. The van der Waals surface area contributed by atoms with E-state index in [-0.39, 0.29) is 18.4 Å². The Morgan fingerprint density at radius 1 is 1.25 bits per heavy atom. The summed E-state index contributed by atoms with van der Waals surface area (Å²) >= 11 is 6.10. The van der Waals surface area contributed by atoms with Crippen molar-refractivity contribution in [3.8, 4) is 0 Å². The average Bonchev–Trinajstić information content (AvgIpc) is 2.39. The van der Waals surface area contributed by atoms with E-state index in [4.69, 9.17) is 16.7 Å². The molecule has 0 saturated heterocycles. The van der Waals surface area contributed by atoms with Crippen molar-refractivity contribution in [2.45, 2.75) is 27.3 Å². The van der Waals surface area contributed by atoms with E-state index in [1.165, 1.54) is 0 Å². The maximum absolute atomic E-state index is 12.2. The third-order valence-corrected chi connectivity index (χ3v) is 3.41. The zero-order valence-electron chi connectivity index (χ0n) is 12.0. The number of carbonyl (C=O) groups is 2. The topological polar surface area (TPSA) is 57.6 Å². The van der Waals surface area contributed by atoms with Gasteiger partial charge in [-0.25, -0.2) is 0 Å². The molecule has 0 heterocycles. The number of carboxylic acid groups (broad SMARTS) is 1. The van der Waals surface area contributed by atoms with Crippen LogP contribution < -0.4 is 0 Å². The normalized spacial score (nSPS) is 12.2. The Hall–Kier alpha value is -1.55. The third-order valence-electron chi connectivity index (χ3n) is 3.04. The van der Waals surface area contributed by atoms with Gasteiger partial charge in [-0.15, -0.1) is 0 Å². The summed E-state index contributed by atoms with van der Waals surface area (Å²) in [6.45, 7) is 5.70. The number of carbonyl (C=O) groups excluding carboxylic acids is 1. The fraction of sp³-hybridized carbons (Fsp3) is 0.467. The second-order valence-corrected chi connectivity index (χ2v) is 5.61. The molecule has 1 rings (SSSR count). The van der Waals surface area contributed by atoms with Crippen LogP contribution in [0.1, 0.15) is 26.3 Å². The molecule has 4 nitrogen and oxygen atoms in total. The van der Waals surface area contributed by atoms with Gasteiger partial charge in [0.05, 0.1) is 5.92 Å². The summed E-state index contributed by atoms with van der Waals surface area (Å²) in [5.74, 6) is -1.78. The molecule has 0 saturated carbocycles. The molecule has 110 valence electrons. The van der Waals surface area contributed by atoms with Crippen molar-refractivity contribution in [1.29, 1.82) is 0 Å². The molecule has 1 aromatic carbocycles. The number of carboxylic acids is 1. The van der Waals surface area contributed by atoms with E-state index < -0.39 is 11.9 Å². The van der Waals surface area contributed by atoms with Gasteiger partial charge in [-0.05, 0) is 11.6 Å². The first-order chi connectivity index (χ1) is 9.32. The average molecular weight is 298 g/mol. The van der Waals surface area contributed by atoms with Crippen LogP contribution in [0.2, 0.25) is 5.02 Å². The maximum atomic E-state index is 12.2. The van der Waals surface area contributed by atoms with Gasteiger partial charge in [-0.1, -0.05) is 50.6 Å². The molecule has 0 aliphatic carbocycles. The molecule has 0 fully saturated rings. The first kappa shape index (κ1) is 16.5. The van der Waals surface area contributed by atoms with Crippen LogP contribution in [-0.4, -0.2) is 28.4 Å². The van der Waals surface area contributed by atoms with Crippen LogP contribution >= 0.6 is 11.6 Å². The van der Waals surface area contributed by atoms with Crippen LogP contribution in [0.25, 0.3) is 0 Å². The lowest BCUT2D eigenvalue weighted by Crippen LogP contribution is -2.38. The van der Waals surface area contributed by atoms with Crippen LogP contribution in [0.15, 0.2) is 24.3 Å². The van der Waals surface area contributed by atoms with Crippen molar-refractivity contribution in [3.05, 3.63) is 34.9 Å². The lowest BCUT2D eigenvalue weighted by atomic mass is 10.1. The lowest BCUT2D eigenvalue weighted by molar-refractivity contribution is -0.144. The number of aliphatic carboxylic acids is 1. The Labute approximate surface area is 124 Å². The smallest absolute Gasteiger partial charge is 0.308 e. The minimum Gasteiger partial charge on any atom is -0.481 e. The summed E-state index contributed by atoms with van der Waals surface area (Å²) in [6.07, 6.45) is 0. The highest BCUT2D eigenvalue weighted by Crippen LogP contribution is 2.19. The number of benzene rings is 1. The molecular formula is C15H20ClNO3. The molecule has 0 aliphatic rings. The van der Waals surface area contributed by atoms with E-state index in [9.17, 15) is 9.59 Å². The predicted molar refractivity (Wildman–Crippen MR) is 78.5 cm³/mol. The van der Waals surface area contributed by atoms with E-state index in [0.717, 1.165) is 5.56 Å². The molecule has 1 amide bonds. The van der Waals surface area contributed by atoms with Gasteiger partial charge in [-0.3, -0.25) is 9.59 Å². The Morgan fingerprint density at radius 3 is 2.35 bits per heavy atom. The molecule has 1 N–H and O–H groups in total. The molecule has 5 heteroatoms. The van der Waals surface area contributed by atoms with Crippen molar-refractivity contribution < 1.29 is 14.7 Å². The maximum Gasteiger partial charge on any atom is 0.308 e. The summed E-state index contributed by atoms with van der Waals surface area (Å²) in [5, 5.41) is 9.59. The van der Waals surface area contributed by atoms with Gasteiger partial charge in [0.15, 0.2) is 0 Å². The van der Waals surface area contributed by atoms with Gasteiger partial charge >= 0.3 is 5.97 Å². The van der Waals surface area contributed by atoms with Crippen LogP contribution in [0.3, 0.4) is 0 Å². The molecule has 1 aromatic rings. The van der Waals surface area contributed by atoms with E-state index >= 15 is 0 Å². The molecule has 1 unspecified atom stereocenters. The minimum absolute atomic E-state index is 0.0713. The van der Waals surface area contributed by atoms with Crippen LogP contribution in [-0.2, 0) is 16.1 Å². The number of halogens is 1. The standard InChI is InChI=1S/C15H20ClNO3/c1-10(2)14(18)17(8-11(3)15(19)20)9-12-6-4-5-7-13(12)16/h4-7,10-11H,8-9H2,1-3H3,(H,19,20). The largest absolute Gasteiger partial charge is 0.481 e. The fourth-order valence-corrected chi connectivity index (χ4v) is 2.03. The van der Waals surface area contributed by atoms with E-state index in [1.807, 2.05) is 18.2 Å². The molecule has 0 radical (unpaired) electrons. The molecule has 0 aliphatic heterocycles. The quantitative estimate of drug-likeness (QED) is 0.878. The summed E-state index contributed by atoms with van der Waals surface area (Å²) < 4.78 is 0. The van der Waals surface area contributed by atoms with Crippen LogP contribution in [0, 0.1) is 11.8 Å². The second-order valence-electron chi connectivity index (χ2n) is 5.20. The first-order valence-electron chi connectivity index (χ1n) is 6.58. The summed E-state index contributed by atoms with van der Waals surface area (Å²) in [4.78, 5) is 24.7. The number of amides is 1. The van der Waals surface area contributed by atoms with Crippen LogP contribution in [0.5, 0.6) is 0 Å². The second kappa shape index (κ2) is 7.29. The highest BCUT2D eigenvalue weighted by molar-refractivity contribution is 6.31. The SMILES string of the molecule is CC(C)C(=O)N(Cc1ccccc1Cl)CC(C)C(=O)O. The van der Waals surface area contributed by atoms with E-state index in [2.05, 4.69) is 0 Å². The van der Waals surface area contributed by atoms with Crippen molar-refractivity contribution in [1.82, 2.24) is 4.90 Å². The Bertz CT molecular complexity index is 488.